The van der Waals surface area contributed by atoms with Gasteiger partial charge in [-0.15, -0.1) is 0 Å². The number of carbonyl (C=O) groups excluding carboxylic acids is 1. The third kappa shape index (κ3) is 4.04. The Bertz CT molecular complexity index is 641. The van der Waals surface area contributed by atoms with Crippen LogP contribution >= 0.6 is 0 Å². The van der Waals surface area contributed by atoms with Crippen molar-refractivity contribution in [1.82, 2.24) is 4.90 Å². The number of carbonyl (C=O) groups is 1. The van der Waals surface area contributed by atoms with Gasteiger partial charge in [-0.3, -0.25) is 4.79 Å². The van der Waals surface area contributed by atoms with Crippen LogP contribution in [0.2, 0.25) is 0 Å². The number of hydrogen-bond donors (Lipinski definition) is 1. The minimum absolute atomic E-state index is 0.266. The highest BCUT2D eigenvalue weighted by Crippen LogP contribution is 2.32. The second-order valence-electron chi connectivity index (χ2n) is 6.65. The molecular weight excluding hydrogens is 296 g/mol. The number of hydrogen-bond acceptors (Lipinski definition) is 2. The third-order valence-electron chi connectivity index (χ3n) is 5.02. The van der Waals surface area contributed by atoms with Crippen molar-refractivity contribution >= 4 is 5.91 Å². The molecule has 3 nitrogen and oxygen atoms in total. The summed E-state index contributed by atoms with van der Waals surface area (Å²) in [5, 5.41) is 0. The molecule has 1 aliphatic rings. The topological polar surface area (TPSA) is 46.3 Å². The molecular formula is C21H26N2O. The lowest BCUT2D eigenvalue weighted by molar-refractivity contribution is -0.130. The summed E-state index contributed by atoms with van der Waals surface area (Å²) in [4.78, 5) is 14.6. The van der Waals surface area contributed by atoms with Gasteiger partial charge in [0.05, 0.1) is 0 Å². The van der Waals surface area contributed by atoms with E-state index in [0.29, 0.717) is 24.8 Å². The quantitative estimate of drug-likeness (QED) is 0.887. The largest absolute Gasteiger partial charge is 0.342 e. The molecule has 0 aromatic heterocycles. The molecule has 0 saturated carbocycles. The summed E-state index contributed by atoms with van der Waals surface area (Å²) in [6.07, 6.45) is 2.49. The van der Waals surface area contributed by atoms with E-state index in [1.54, 1.807) is 0 Å². The zero-order valence-electron chi connectivity index (χ0n) is 14.1. The molecule has 0 unspecified atom stereocenters. The van der Waals surface area contributed by atoms with Crippen LogP contribution in [0.4, 0.5) is 0 Å². The standard InChI is InChI=1S/C21H26N2O/c22-14-19-15-23(16-20(19)18-11-5-2-6-12-18)21(24)13-7-10-17-8-3-1-4-9-17/h1-6,8-9,11-12,19-20H,7,10,13-16,22H2/t19-,20+/m1/s1. The van der Waals surface area contributed by atoms with Crippen LogP contribution in [-0.2, 0) is 11.2 Å². The lowest BCUT2D eigenvalue weighted by atomic mass is 9.89. The molecule has 3 rings (SSSR count). The molecule has 1 aliphatic heterocycles. The van der Waals surface area contributed by atoms with Gasteiger partial charge in [0.1, 0.15) is 0 Å². The number of nitrogens with zero attached hydrogens (tertiary/aromatic N) is 1. The van der Waals surface area contributed by atoms with Gasteiger partial charge in [0, 0.05) is 25.4 Å². The highest BCUT2D eigenvalue weighted by atomic mass is 16.2. The molecule has 2 N–H and O–H groups in total. The fourth-order valence-corrected chi connectivity index (χ4v) is 3.64. The van der Waals surface area contributed by atoms with Gasteiger partial charge in [-0.05, 0) is 36.4 Å². The number of rotatable bonds is 6. The van der Waals surface area contributed by atoms with Crippen molar-refractivity contribution in [3.8, 4) is 0 Å². The van der Waals surface area contributed by atoms with Gasteiger partial charge >= 0.3 is 0 Å². The van der Waals surface area contributed by atoms with Crippen LogP contribution in [0.25, 0.3) is 0 Å². The Morgan fingerprint density at radius 2 is 1.67 bits per heavy atom. The van der Waals surface area contributed by atoms with E-state index in [1.807, 2.05) is 29.2 Å². The first-order valence-electron chi connectivity index (χ1n) is 8.84. The predicted octanol–water partition coefficient (Wildman–Crippen LogP) is 3.21. The normalized spacial score (nSPS) is 20.3. The molecule has 1 saturated heterocycles. The molecule has 3 heteroatoms. The van der Waals surface area contributed by atoms with Crippen LogP contribution < -0.4 is 5.73 Å². The van der Waals surface area contributed by atoms with E-state index in [-0.39, 0.29) is 5.91 Å². The van der Waals surface area contributed by atoms with Gasteiger partial charge in [-0.25, -0.2) is 0 Å². The third-order valence-corrected chi connectivity index (χ3v) is 5.02. The van der Waals surface area contributed by atoms with Crippen LogP contribution in [0, 0.1) is 5.92 Å². The SMILES string of the molecule is NC[C@@H]1CN(C(=O)CCCc2ccccc2)C[C@H]1c1ccccc1. The van der Waals surface area contributed by atoms with Crippen molar-refractivity contribution < 1.29 is 4.79 Å². The van der Waals surface area contributed by atoms with E-state index < -0.39 is 0 Å². The van der Waals surface area contributed by atoms with Crippen LogP contribution in [0.3, 0.4) is 0 Å². The molecule has 1 amide bonds. The van der Waals surface area contributed by atoms with Gasteiger partial charge < -0.3 is 10.6 Å². The fraction of sp³-hybridized carbons (Fsp3) is 0.381. The number of benzene rings is 2. The van der Waals surface area contributed by atoms with Crippen molar-refractivity contribution in [1.29, 1.82) is 0 Å². The van der Waals surface area contributed by atoms with Gasteiger partial charge in [0.15, 0.2) is 0 Å². The number of amides is 1. The Balaban J connectivity index is 1.54. The van der Waals surface area contributed by atoms with Crippen molar-refractivity contribution in [3.63, 3.8) is 0 Å². The molecule has 0 spiro atoms. The minimum atomic E-state index is 0.266. The molecule has 0 bridgehead atoms. The second-order valence-corrected chi connectivity index (χ2v) is 6.65. The lowest BCUT2D eigenvalue weighted by Crippen LogP contribution is -2.29. The fourth-order valence-electron chi connectivity index (χ4n) is 3.64. The van der Waals surface area contributed by atoms with Gasteiger partial charge in [0.25, 0.3) is 0 Å². The van der Waals surface area contributed by atoms with Crippen LogP contribution in [0.5, 0.6) is 0 Å². The Morgan fingerprint density at radius 1 is 1.00 bits per heavy atom. The Hall–Kier alpha value is -2.13. The average Bonchev–Trinajstić information content (AvgIpc) is 3.08. The molecule has 24 heavy (non-hydrogen) atoms. The number of aryl methyl sites for hydroxylation is 1. The van der Waals surface area contributed by atoms with E-state index in [0.717, 1.165) is 25.9 Å². The zero-order valence-corrected chi connectivity index (χ0v) is 14.1. The summed E-state index contributed by atoms with van der Waals surface area (Å²) in [5.74, 6) is 1.00. The molecule has 2 aromatic carbocycles. The summed E-state index contributed by atoms with van der Waals surface area (Å²) < 4.78 is 0. The first-order chi connectivity index (χ1) is 11.8. The molecule has 2 atom stereocenters. The summed E-state index contributed by atoms with van der Waals surface area (Å²) in [5.41, 5.74) is 8.56. The molecule has 1 fully saturated rings. The minimum Gasteiger partial charge on any atom is -0.342 e. The maximum atomic E-state index is 12.6. The van der Waals surface area contributed by atoms with E-state index in [9.17, 15) is 4.79 Å². The van der Waals surface area contributed by atoms with Crippen LogP contribution in [0.15, 0.2) is 60.7 Å². The van der Waals surface area contributed by atoms with E-state index in [1.165, 1.54) is 11.1 Å². The van der Waals surface area contributed by atoms with E-state index in [2.05, 4.69) is 36.4 Å². The highest BCUT2D eigenvalue weighted by Gasteiger charge is 2.34. The molecule has 0 radical (unpaired) electrons. The first-order valence-corrected chi connectivity index (χ1v) is 8.84. The van der Waals surface area contributed by atoms with E-state index in [4.69, 9.17) is 5.73 Å². The molecule has 1 heterocycles. The van der Waals surface area contributed by atoms with E-state index >= 15 is 0 Å². The monoisotopic (exact) mass is 322 g/mol. The van der Waals surface area contributed by atoms with Gasteiger partial charge in [-0.1, -0.05) is 60.7 Å². The Kier molecular flexibility index (Phi) is 5.65. The van der Waals surface area contributed by atoms with Crippen molar-refractivity contribution in [2.75, 3.05) is 19.6 Å². The smallest absolute Gasteiger partial charge is 0.222 e. The van der Waals surface area contributed by atoms with Crippen LogP contribution in [0.1, 0.15) is 29.9 Å². The molecule has 2 aromatic rings. The summed E-state index contributed by atoms with van der Waals surface area (Å²) in [7, 11) is 0. The second kappa shape index (κ2) is 8.11. The Labute approximate surface area is 144 Å². The lowest BCUT2D eigenvalue weighted by Gasteiger charge is -2.17. The Morgan fingerprint density at radius 3 is 2.33 bits per heavy atom. The summed E-state index contributed by atoms with van der Waals surface area (Å²) >= 11 is 0. The average molecular weight is 322 g/mol. The summed E-state index contributed by atoms with van der Waals surface area (Å²) in [6.45, 7) is 2.23. The van der Waals surface area contributed by atoms with Gasteiger partial charge in [0.2, 0.25) is 5.91 Å². The first kappa shape index (κ1) is 16.7. The summed E-state index contributed by atoms with van der Waals surface area (Å²) in [6, 6.07) is 20.8. The van der Waals surface area contributed by atoms with Crippen molar-refractivity contribution in [3.05, 3.63) is 71.8 Å². The molecule has 0 aliphatic carbocycles. The zero-order chi connectivity index (χ0) is 16.8. The predicted molar refractivity (Wildman–Crippen MR) is 97.7 cm³/mol. The van der Waals surface area contributed by atoms with Crippen molar-refractivity contribution in [2.24, 2.45) is 11.7 Å². The van der Waals surface area contributed by atoms with Gasteiger partial charge in [-0.2, -0.15) is 0 Å². The van der Waals surface area contributed by atoms with Crippen LogP contribution in [-0.4, -0.2) is 30.4 Å². The van der Waals surface area contributed by atoms with Crippen molar-refractivity contribution in [2.45, 2.75) is 25.2 Å². The maximum Gasteiger partial charge on any atom is 0.222 e. The molecule has 126 valence electrons. The number of likely N-dealkylation sites (tertiary alicyclic amines) is 1. The number of nitrogens with two attached hydrogens (primary N) is 1. The maximum absolute atomic E-state index is 12.6. The highest BCUT2D eigenvalue weighted by molar-refractivity contribution is 5.76.